The highest BCUT2D eigenvalue weighted by atomic mass is 16.6. The predicted molar refractivity (Wildman–Crippen MR) is 123 cm³/mol. The van der Waals surface area contributed by atoms with Crippen LogP contribution < -0.4 is 16.0 Å². The van der Waals surface area contributed by atoms with Gasteiger partial charge in [-0.05, 0) is 56.7 Å². The second kappa shape index (κ2) is 9.41. The van der Waals surface area contributed by atoms with Gasteiger partial charge in [0.2, 0.25) is 0 Å². The summed E-state index contributed by atoms with van der Waals surface area (Å²) in [5.74, 6) is 3.48. The number of urea groups is 1. The van der Waals surface area contributed by atoms with Crippen LogP contribution in [-0.2, 0) is 0 Å². The number of carbonyl (C=O) groups is 1. The van der Waals surface area contributed by atoms with Crippen molar-refractivity contribution in [3.05, 3.63) is 81.4 Å². The zero-order valence-electron chi connectivity index (χ0n) is 17.3. The van der Waals surface area contributed by atoms with Gasteiger partial charge < -0.3 is 16.0 Å². The van der Waals surface area contributed by atoms with Crippen LogP contribution in [0, 0.1) is 22.1 Å². The lowest BCUT2D eigenvalue weighted by Crippen LogP contribution is -2.19. The van der Waals surface area contributed by atoms with Crippen molar-refractivity contribution in [3.63, 3.8) is 0 Å². The first-order valence-electron chi connectivity index (χ1n) is 9.46. The third-order valence-electron chi connectivity index (χ3n) is 4.40. The number of non-ortho nitro benzene ring substituents is 1. The number of amidine groups is 1. The van der Waals surface area contributed by atoms with Crippen LogP contribution in [0.2, 0.25) is 0 Å². The molecule has 3 N–H and O–H groups in total. The molecule has 2 aromatic rings. The highest BCUT2D eigenvalue weighted by Gasteiger charge is 2.18. The smallest absolute Gasteiger partial charge is 0.323 e. The average Bonchev–Trinajstić information content (AvgIpc) is 3.17. The SMILES string of the molecule is CC#CN=C1NC(c2ccc(NC(=O)Nc3ccc([N+](=O)[O-])cc3)cc2)=CC1=C(C)C. The number of hydrogen-bond acceptors (Lipinski definition) is 4. The Balaban J connectivity index is 1.67. The molecule has 0 aliphatic carbocycles. The van der Waals surface area contributed by atoms with Crippen LogP contribution in [0.1, 0.15) is 26.3 Å². The molecule has 8 heteroatoms. The molecule has 0 radical (unpaired) electrons. The Hall–Kier alpha value is -4.38. The van der Waals surface area contributed by atoms with Gasteiger partial charge in [0.15, 0.2) is 0 Å². The molecule has 0 unspecified atom stereocenters. The second-order valence-electron chi connectivity index (χ2n) is 6.88. The number of nitrogens with one attached hydrogen (secondary N) is 3. The topological polar surface area (TPSA) is 109 Å². The van der Waals surface area contributed by atoms with Crippen molar-refractivity contribution in [2.75, 3.05) is 10.6 Å². The van der Waals surface area contributed by atoms with E-state index >= 15 is 0 Å². The Morgan fingerprint density at radius 1 is 1.03 bits per heavy atom. The number of rotatable bonds is 4. The standard InChI is InChI=1S/C23H21N5O3/c1-4-13-24-22-20(15(2)3)14-21(27-22)16-5-7-17(8-6-16)25-23(29)26-18-9-11-19(12-10-18)28(30)31/h5-12,14H,1-3H3,(H,24,27)(H2,25,26,29). The maximum Gasteiger partial charge on any atom is 0.323 e. The Bertz CT molecular complexity index is 1160. The van der Waals surface area contributed by atoms with E-state index in [-0.39, 0.29) is 5.69 Å². The minimum absolute atomic E-state index is 0.0393. The molecule has 1 heterocycles. The molecule has 8 nitrogen and oxygen atoms in total. The highest BCUT2D eigenvalue weighted by Crippen LogP contribution is 2.24. The van der Waals surface area contributed by atoms with E-state index in [0.717, 1.165) is 22.4 Å². The summed E-state index contributed by atoms with van der Waals surface area (Å²) in [5, 5.41) is 19.4. The number of nitro groups is 1. The van der Waals surface area contributed by atoms with Crippen LogP contribution in [0.25, 0.3) is 5.70 Å². The van der Waals surface area contributed by atoms with Gasteiger partial charge in [0, 0.05) is 40.8 Å². The van der Waals surface area contributed by atoms with Gasteiger partial charge in [0.25, 0.3) is 5.69 Å². The van der Waals surface area contributed by atoms with E-state index < -0.39 is 11.0 Å². The monoisotopic (exact) mass is 415 g/mol. The summed E-state index contributed by atoms with van der Waals surface area (Å²) in [6.07, 6.45) is 2.02. The summed E-state index contributed by atoms with van der Waals surface area (Å²) in [5.41, 5.74) is 4.99. The molecule has 0 atom stereocenters. The molecule has 0 spiro atoms. The van der Waals surface area contributed by atoms with Crippen molar-refractivity contribution in [2.24, 2.45) is 4.99 Å². The Morgan fingerprint density at radius 2 is 1.61 bits per heavy atom. The van der Waals surface area contributed by atoms with Crippen LogP contribution >= 0.6 is 0 Å². The number of nitrogens with zero attached hydrogens (tertiary/aromatic N) is 2. The average molecular weight is 415 g/mol. The van der Waals surface area contributed by atoms with Crippen LogP contribution in [-0.4, -0.2) is 16.8 Å². The predicted octanol–water partition coefficient (Wildman–Crippen LogP) is 4.90. The summed E-state index contributed by atoms with van der Waals surface area (Å²) in [7, 11) is 0. The summed E-state index contributed by atoms with van der Waals surface area (Å²) in [4.78, 5) is 26.7. The molecule has 2 aromatic carbocycles. The Morgan fingerprint density at radius 3 is 2.13 bits per heavy atom. The number of aliphatic imine (C=N–C) groups is 1. The largest absolute Gasteiger partial charge is 0.339 e. The number of hydrogen-bond donors (Lipinski definition) is 3. The fourth-order valence-electron chi connectivity index (χ4n) is 2.87. The molecule has 0 fully saturated rings. The van der Waals surface area contributed by atoms with E-state index in [0.29, 0.717) is 17.2 Å². The van der Waals surface area contributed by atoms with Crippen molar-refractivity contribution < 1.29 is 9.72 Å². The highest BCUT2D eigenvalue weighted by molar-refractivity contribution is 6.12. The van der Waals surface area contributed by atoms with Gasteiger partial charge >= 0.3 is 6.03 Å². The van der Waals surface area contributed by atoms with E-state index in [1.165, 1.54) is 24.3 Å². The normalized spacial score (nSPS) is 13.6. The van der Waals surface area contributed by atoms with Gasteiger partial charge in [-0.15, -0.1) is 0 Å². The molecule has 0 saturated heterocycles. The molecule has 1 aliphatic rings. The van der Waals surface area contributed by atoms with Crippen molar-refractivity contribution in [1.82, 2.24) is 5.32 Å². The second-order valence-corrected chi connectivity index (χ2v) is 6.88. The lowest BCUT2D eigenvalue weighted by atomic mass is 10.1. The first-order chi connectivity index (χ1) is 14.9. The van der Waals surface area contributed by atoms with Crippen molar-refractivity contribution in [3.8, 4) is 12.0 Å². The summed E-state index contributed by atoms with van der Waals surface area (Å²) in [6, 6.07) is 15.2. The third-order valence-corrected chi connectivity index (χ3v) is 4.40. The molecule has 0 saturated carbocycles. The van der Waals surface area contributed by atoms with Crippen molar-refractivity contribution >= 4 is 34.6 Å². The molecule has 31 heavy (non-hydrogen) atoms. The van der Waals surface area contributed by atoms with Gasteiger partial charge in [-0.3, -0.25) is 10.1 Å². The summed E-state index contributed by atoms with van der Waals surface area (Å²) >= 11 is 0. The fraction of sp³-hybridized carbons (Fsp3) is 0.130. The van der Waals surface area contributed by atoms with Crippen molar-refractivity contribution in [2.45, 2.75) is 20.8 Å². The number of carbonyl (C=O) groups excluding carboxylic acids is 1. The quantitative estimate of drug-likeness (QED) is 0.375. The molecule has 156 valence electrons. The zero-order valence-corrected chi connectivity index (χ0v) is 17.3. The molecule has 0 bridgehead atoms. The van der Waals surface area contributed by atoms with E-state index in [1.807, 2.05) is 32.1 Å². The lowest BCUT2D eigenvalue weighted by molar-refractivity contribution is -0.384. The van der Waals surface area contributed by atoms with Gasteiger partial charge in [-0.2, -0.15) is 4.99 Å². The minimum Gasteiger partial charge on any atom is -0.339 e. The zero-order chi connectivity index (χ0) is 22.4. The van der Waals surface area contributed by atoms with Crippen LogP contribution in [0.15, 0.2) is 70.7 Å². The molecule has 1 aliphatic heterocycles. The maximum atomic E-state index is 12.2. The maximum absolute atomic E-state index is 12.2. The lowest BCUT2D eigenvalue weighted by Gasteiger charge is -2.09. The van der Waals surface area contributed by atoms with E-state index in [9.17, 15) is 14.9 Å². The van der Waals surface area contributed by atoms with Gasteiger partial charge in [0.05, 0.1) is 4.92 Å². The van der Waals surface area contributed by atoms with Gasteiger partial charge in [-0.1, -0.05) is 23.6 Å². The Labute approximate surface area is 179 Å². The first-order valence-corrected chi connectivity index (χ1v) is 9.46. The van der Waals surface area contributed by atoms with Crippen LogP contribution in [0.4, 0.5) is 21.9 Å². The molecule has 0 aromatic heterocycles. The third kappa shape index (κ3) is 5.36. The van der Waals surface area contributed by atoms with E-state index in [2.05, 4.69) is 32.9 Å². The molecular formula is C23H21N5O3. The van der Waals surface area contributed by atoms with E-state index in [1.54, 1.807) is 19.1 Å². The van der Waals surface area contributed by atoms with Crippen LogP contribution in [0.3, 0.4) is 0 Å². The van der Waals surface area contributed by atoms with Crippen molar-refractivity contribution in [1.29, 1.82) is 0 Å². The first kappa shape index (κ1) is 21.3. The summed E-state index contributed by atoms with van der Waals surface area (Å²) < 4.78 is 0. The fourth-order valence-corrected chi connectivity index (χ4v) is 2.87. The van der Waals surface area contributed by atoms with Gasteiger partial charge in [0.1, 0.15) is 5.84 Å². The van der Waals surface area contributed by atoms with Gasteiger partial charge in [-0.25, -0.2) is 4.79 Å². The number of anilines is 2. The number of nitro benzene ring substituents is 1. The molecule has 3 rings (SSSR count). The summed E-state index contributed by atoms with van der Waals surface area (Å²) in [6.45, 7) is 5.77. The van der Waals surface area contributed by atoms with Crippen LogP contribution in [0.5, 0.6) is 0 Å². The number of benzene rings is 2. The number of allylic oxidation sites excluding steroid dienone is 1. The molecule has 2 amide bonds. The van der Waals surface area contributed by atoms with E-state index in [4.69, 9.17) is 0 Å². The Kier molecular flexibility index (Phi) is 6.48. The minimum atomic E-state index is -0.493. The molecular weight excluding hydrogens is 394 g/mol. The number of amides is 2.